The fourth-order valence-electron chi connectivity index (χ4n) is 4.27. The Morgan fingerprint density at radius 1 is 0.970 bits per heavy atom. The minimum atomic E-state index is -4.66. The molecule has 172 valence electrons. The molecule has 0 bridgehead atoms. The number of rotatable bonds is 4. The van der Waals surface area contributed by atoms with Crippen LogP contribution < -0.4 is 9.47 Å². The maximum atomic E-state index is 13.7. The van der Waals surface area contributed by atoms with Crippen LogP contribution in [0.2, 0.25) is 5.02 Å². The lowest BCUT2D eigenvalue weighted by Crippen LogP contribution is -2.41. The van der Waals surface area contributed by atoms with Crippen LogP contribution in [-0.4, -0.2) is 31.6 Å². The van der Waals surface area contributed by atoms with E-state index >= 15 is 0 Å². The normalized spacial score (nSPS) is 15.7. The smallest absolute Gasteiger partial charge is 0.417 e. The molecule has 0 aliphatic carbocycles. The molecule has 3 aromatic carbocycles. The summed E-state index contributed by atoms with van der Waals surface area (Å²) in [7, 11) is 3.03. The molecule has 1 unspecified atom stereocenters. The molecule has 8 heteroatoms. The molecule has 0 saturated carbocycles. The van der Waals surface area contributed by atoms with Gasteiger partial charge in [0.1, 0.15) is 0 Å². The monoisotopic (exact) mass is 475 g/mol. The van der Waals surface area contributed by atoms with Crippen molar-refractivity contribution >= 4 is 17.5 Å². The highest BCUT2D eigenvalue weighted by Gasteiger charge is 2.39. The van der Waals surface area contributed by atoms with E-state index in [1.807, 2.05) is 6.07 Å². The number of amides is 1. The molecule has 0 saturated heterocycles. The molecule has 0 radical (unpaired) electrons. The van der Waals surface area contributed by atoms with Gasteiger partial charge in [0, 0.05) is 11.6 Å². The van der Waals surface area contributed by atoms with E-state index in [1.54, 1.807) is 30.3 Å². The zero-order valence-electron chi connectivity index (χ0n) is 17.9. The van der Waals surface area contributed by atoms with E-state index < -0.39 is 29.3 Å². The van der Waals surface area contributed by atoms with Gasteiger partial charge in [-0.2, -0.15) is 13.2 Å². The van der Waals surface area contributed by atoms with Crippen LogP contribution in [0.1, 0.15) is 38.7 Å². The van der Waals surface area contributed by atoms with Gasteiger partial charge in [-0.25, -0.2) is 0 Å². The van der Waals surface area contributed by atoms with Gasteiger partial charge in [-0.15, -0.1) is 0 Å². The third-order valence-electron chi connectivity index (χ3n) is 5.80. The third kappa shape index (κ3) is 4.25. The SMILES string of the molecule is COc1cc2c(cc1OC)C(c1ccccc1Cl)N(C(=O)c1ccccc1C(F)(F)F)CC2. The van der Waals surface area contributed by atoms with Gasteiger partial charge in [-0.1, -0.05) is 41.9 Å². The van der Waals surface area contributed by atoms with Gasteiger partial charge in [-0.05, 0) is 53.4 Å². The lowest BCUT2D eigenvalue weighted by molar-refractivity contribution is -0.138. The zero-order valence-corrected chi connectivity index (χ0v) is 18.7. The van der Waals surface area contributed by atoms with Crippen LogP contribution in [0.3, 0.4) is 0 Å². The quantitative estimate of drug-likeness (QED) is 0.453. The lowest BCUT2D eigenvalue weighted by Gasteiger charge is -2.39. The average Bonchev–Trinajstić information content (AvgIpc) is 2.82. The maximum absolute atomic E-state index is 13.7. The molecule has 1 atom stereocenters. The first kappa shape index (κ1) is 23.0. The number of carbonyl (C=O) groups is 1. The van der Waals surface area contributed by atoms with E-state index in [0.29, 0.717) is 28.5 Å². The molecule has 0 fully saturated rings. The summed E-state index contributed by atoms with van der Waals surface area (Å²) in [5, 5.41) is 0.409. The van der Waals surface area contributed by atoms with Crippen molar-refractivity contribution in [3.63, 3.8) is 0 Å². The van der Waals surface area contributed by atoms with Gasteiger partial charge in [0.25, 0.3) is 5.91 Å². The second-order valence-electron chi connectivity index (χ2n) is 7.62. The maximum Gasteiger partial charge on any atom is 0.417 e. The summed E-state index contributed by atoms with van der Waals surface area (Å²) in [4.78, 5) is 15.0. The number of alkyl halides is 3. The van der Waals surface area contributed by atoms with Crippen LogP contribution in [-0.2, 0) is 12.6 Å². The van der Waals surface area contributed by atoms with Gasteiger partial charge >= 0.3 is 6.18 Å². The third-order valence-corrected chi connectivity index (χ3v) is 6.14. The number of nitrogens with zero attached hydrogens (tertiary/aromatic N) is 1. The summed E-state index contributed by atoms with van der Waals surface area (Å²) >= 11 is 6.50. The first-order valence-electron chi connectivity index (χ1n) is 10.2. The number of fused-ring (bicyclic) bond motifs is 1. The Morgan fingerprint density at radius 3 is 2.27 bits per heavy atom. The van der Waals surface area contributed by atoms with Gasteiger partial charge in [0.05, 0.1) is 31.4 Å². The average molecular weight is 476 g/mol. The molecule has 1 aliphatic rings. The van der Waals surface area contributed by atoms with Crippen LogP contribution >= 0.6 is 11.6 Å². The van der Waals surface area contributed by atoms with E-state index in [-0.39, 0.29) is 6.54 Å². The molecular formula is C25H21ClF3NO3. The topological polar surface area (TPSA) is 38.8 Å². The van der Waals surface area contributed by atoms with Crippen molar-refractivity contribution in [2.75, 3.05) is 20.8 Å². The molecule has 1 amide bonds. The van der Waals surface area contributed by atoms with Crippen LogP contribution in [0.15, 0.2) is 60.7 Å². The number of ether oxygens (including phenoxy) is 2. The molecular weight excluding hydrogens is 455 g/mol. The highest BCUT2D eigenvalue weighted by Crippen LogP contribution is 2.44. The highest BCUT2D eigenvalue weighted by atomic mass is 35.5. The summed E-state index contributed by atoms with van der Waals surface area (Å²) in [5.41, 5.74) is 0.887. The summed E-state index contributed by atoms with van der Waals surface area (Å²) < 4.78 is 51.8. The number of methoxy groups -OCH3 is 2. The second kappa shape index (κ2) is 8.98. The van der Waals surface area contributed by atoms with Crippen molar-refractivity contribution in [2.45, 2.75) is 18.6 Å². The van der Waals surface area contributed by atoms with Crippen molar-refractivity contribution < 1.29 is 27.4 Å². The fourth-order valence-corrected chi connectivity index (χ4v) is 4.51. The molecule has 33 heavy (non-hydrogen) atoms. The minimum absolute atomic E-state index is 0.212. The predicted molar refractivity (Wildman–Crippen MR) is 119 cm³/mol. The molecule has 4 rings (SSSR count). The summed E-state index contributed by atoms with van der Waals surface area (Å²) in [6.45, 7) is 0.212. The van der Waals surface area contributed by atoms with Crippen molar-refractivity contribution in [3.8, 4) is 11.5 Å². The Hall–Kier alpha value is -3.19. The number of carbonyl (C=O) groups excluding carboxylic acids is 1. The van der Waals surface area contributed by atoms with E-state index in [1.165, 1.54) is 37.3 Å². The first-order chi connectivity index (χ1) is 15.8. The van der Waals surface area contributed by atoms with Gasteiger partial charge < -0.3 is 14.4 Å². The molecule has 3 aromatic rings. The molecule has 1 heterocycles. The first-order valence-corrected chi connectivity index (χ1v) is 10.6. The van der Waals surface area contributed by atoms with E-state index in [4.69, 9.17) is 21.1 Å². The Bertz CT molecular complexity index is 1200. The van der Waals surface area contributed by atoms with Gasteiger partial charge in [0.2, 0.25) is 0 Å². The van der Waals surface area contributed by atoms with Gasteiger partial charge in [0.15, 0.2) is 11.5 Å². The molecule has 1 aliphatic heterocycles. The Morgan fingerprint density at radius 2 is 1.61 bits per heavy atom. The van der Waals surface area contributed by atoms with Crippen LogP contribution in [0.4, 0.5) is 13.2 Å². The predicted octanol–water partition coefficient (Wildman–Crippen LogP) is 6.16. The Labute approximate surface area is 194 Å². The summed E-state index contributed by atoms with van der Waals surface area (Å²) in [6.07, 6.45) is -4.22. The Balaban J connectivity index is 1.90. The largest absolute Gasteiger partial charge is 0.493 e. The van der Waals surface area contributed by atoms with E-state index in [2.05, 4.69) is 0 Å². The zero-order chi connectivity index (χ0) is 23.8. The highest BCUT2D eigenvalue weighted by molar-refractivity contribution is 6.31. The van der Waals surface area contributed by atoms with Crippen molar-refractivity contribution in [3.05, 3.63) is 93.5 Å². The molecule has 0 spiro atoms. The minimum Gasteiger partial charge on any atom is -0.493 e. The number of benzene rings is 3. The summed E-state index contributed by atoms with van der Waals surface area (Å²) in [5.74, 6) is 0.280. The summed E-state index contributed by atoms with van der Waals surface area (Å²) in [6, 6.07) is 14.7. The molecule has 4 nitrogen and oxygen atoms in total. The van der Waals surface area contributed by atoms with Crippen molar-refractivity contribution in [1.29, 1.82) is 0 Å². The number of hydrogen-bond acceptors (Lipinski definition) is 3. The Kier molecular flexibility index (Phi) is 6.26. The number of halogens is 4. The molecule has 0 aromatic heterocycles. The van der Waals surface area contributed by atoms with Gasteiger partial charge in [-0.3, -0.25) is 4.79 Å². The van der Waals surface area contributed by atoms with Crippen LogP contribution in [0.5, 0.6) is 11.5 Å². The van der Waals surface area contributed by atoms with Crippen LogP contribution in [0, 0.1) is 0 Å². The van der Waals surface area contributed by atoms with E-state index in [9.17, 15) is 18.0 Å². The second-order valence-corrected chi connectivity index (χ2v) is 8.03. The standard InChI is InChI=1S/C25H21ClF3NO3/c1-32-21-13-15-11-12-30(24(31)16-7-3-5-9-19(16)25(27,28)29)23(18(15)14-22(21)33-2)17-8-4-6-10-20(17)26/h3-10,13-14,23H,11-12H2,1-2H3. The number of hydrogen-bond donors (Lipinski definition) is 0. The fraction of sp³-hybridized carbons (Fsp3) is 0.240. The molecule has 0 N–H and O–H groups in total. The van der Waals surface area contributed by atoms with E-state index in [0.717, 1.165) is 17.2 Å². The van der Waals surface area contributed by atoms with Crippen molar-refractivity contribution in [2.24, 2.45) is 0 Å². The van der Waals surface area contributed by atoms with Crippen LogP contribution in [0.25, 0.3) is 0 Å². The van der Waals surface area contributed by atoms with Crippen molar-refractivity contribution in [1.82, 2.24) is 4.90 Å². The lowest BCUT2D eigenvalue weighted by atomic mass is 9.87.